The first-order valence-corrected chi connectivity index (χ1v) is 9.80. The van der Waals surface area contributed by atoms with Gasteiger partial charge in [-0.05, 0) is 42.5 Å². The zero-order chi connectivity index (χ0) is 20.5. The summed E-state index contributed by atoms with van der Waals surface area (Å²) in [5.41, 5.74) is 3.03. The van der Waals surface area contributed by atoms with Gasteiger partial charge in [-0.3, -0.25) is 19.6 Å². The van der Waals surface area contributed by atoms with E-state index in [2.05, 4.69) is 15.1 Å². The van der Waals surface area contributed by atoms with E-state index in [-0.39, 0.29) is 17.4 Å². The lowest BCUT2D eigenvalue weighted by atomic mass is 9.98. The molecule has 0 bridgehead atoms. The van der Waals surface area contributed by atoms with Crippen molar-refractivity contribution < 1.29 is 4.79 Å². The number of fused-ring (bicyclic) bond motifs is 1. The van der Waals surface area contributed by atoms with E-state index >= 15 is 0 Å². The van der Waals surface area contributed by atoms with Gasteiger partial charge in [-0.25, -0.2) is 4.68 Å². The number of nitrogens with zero attached hydrogens (tertiary/aromatic N) is 5. The molecule has 148 valence electrons. The molecule has 1 aliphatic rings. The van der Waals surface area contributed by atoms with Crippen LogP contribution in [0.5, 0.6) is 0 Å². The highest BCUT2D eigenvalue weighted by atomic mass is 16.2. The van der Waals surface area contributed by atoms with Gasteiger partial charge in [0.05, 0.1) is 17.8 Å². The third-order valence-corrected chi connectivity index (χ3v) is 5.37. The fourth-order valence-electron chi connectivity index (χ4n) is 3.74. The molecule has 0 saturated carbocycles. The van der Waals surface area contributed by atoms with E-state index in [9.17, 15) is 9.59 Å². The summed E-state index contributed by atoms with van der Waals surface area (Å²) in [6.45, 7) is 1.71. The summed E-state index contributed by atoms with van der Waals surface area (Å²) in [6, 6.07) is 16.4. The summed E-state index contributed by atoms with van der Waals surface area (Å²) >= 11 is 0. The van der Waals surface area contributed by atoms with E-state index in [1.54, 1.807) is 29.6 Å². The molecule has 7 nitrogen and oxygen atoms in total. The molecule has 1 amide bonds. The van der Waals surface area contributed by atoms with Crippen LogP contribution in [0.25, 0.3) is 22.2 Å². The second kappa shape index (κ2) is 7.51. The quantitative estimate of drug-likeness (QED) is 0.529. The highest BCUT2D eigenvalue weighted by Crippen LogP contribution is 2.22. The van der Waals surface area contributed by atoms with Gasteiger partial charge in [-0.15, -0.1) is 0 Å². The van der Waals surface area contributed by atoms with Crippen LogP contribution in [0.2, 0.25) is 0 Å². The fourth-order valence-corrected chi connectivity index (χ4v) is 3.74. The number of amides is 1. The van der Waals surface area contributed by atoms with Crippen molar-refractivity contribution in [3.8, 4) is 11.3 Å². The monoisotopic (exact) mass is 397 g/mol. The maximum Gasteiger partial charge on any atom is 0.266 e. The van der Waals surface area contributed by atoms with Crippen molar-refractivity contribution in [2.75, 3.05) is 13.1 Å². The maximum absolute atomic E-state index is 12.8. The van der Waals surface area contributed by atoms with Crippen LogP contribution in [0.4, 0.5) is 0 Å². The second-order valence-electron chi connectivity index (χ2n) is 7.46. The van der Waals surface area contributed by atoms with Gasteiger partial charge in [-0.1, -0.05) is 6.07 Å². The highest BCUT2D eigenvalue weighted by molar-refractivity contribution is 5.98. The number of aromatic nitrogens is 4. The molecule has 0 radical (unpaired) electrons. The topological polar surface area (TPSA) is 81.0 Å². The lowest BCUT2D eigenvalue weighted by Crippen LogP contribution is -2.52. The number of rotatable bonds is 4. The first kappa shape index (κ1) is 18.2. The molecule has 4 aromatic rings. The summed E-state index contributed by atoms with van der Waals surface area (Å²) < 4.78 is 1.49. The summed E-state index contributed by atoms with van der Waals surface area (Å²) in [5, 5.41) is 5.44. The van der Waals surface area contributed by atoms with Crippen LogP contribution in [0.1, 0.15) is 10.4 Å². The zero-order valence-corrected chi connectivity index (χ0v) is 16.2. The van der Waals surface area contributed by atoms with Gasteiger partial charge in [0.25, 0.3) is 11.5 Å². The predicted molar refractivity (Wildman–Crippen MR) is 113 cm³/mol. The van der Waals surface area contributed by atoms with Gasteiger partial charge < -0.3 is 4.90 Å². The van der Waals surface area contributed by atoms with Gasteiger partial charge in [0.15, 0.2) is 0 Å². The van der Waals surface area contributed by atoms with Crippen LogP contribution in [-0.4, -0.2) is 43.6 Å². The van der Waals surface area contributed by atoms with E-state index in [0.29, 0.717) is 25.2 Å². The SMILES string of the molecule is O=C(c1ccc2ncccc2c1)N1CC(Cn2nc(-c3ccncc3)ccc2=O)C1. The molecular formula is C23H19N5O2. The third-order valence-electron chi connectivity index (χ3n) is 5.37. The molecule has 0 aliphatic carbocycles. The lowest BCUT2D eigenvalue weighted by molar-refractivity contribution is 0.0459. The molecule has 1 aromatic carbocycles. The molecule has 5 rings (SSSR count). The highest BCUT2D eigenvalue weighted by Gasteiger charge is 2.32. The molecule has 0 unspecified atom stereocenters. The normalized spacial score (nSPS) is 13.9. The summed E-state index contributed by atoms with van der Waals surface area (Å²) in [7, 11) is 0. The van der Waals surface area contributed by atoms with Crippen molar-refractivity contribution in [2.45, 2.75) is 6.54 Å². The number of benzene rings is 1. The average molecular weight is 397 g/mol. The number of carbonyl (C=O) groups excluding carboxylic acids is 1. The fraction of sp³-hybridized carbons (Fsp3) is 0.174. The van der Waals surface area contributed by atoms with E-state index < -0.39 is 0 Å². The summed E-state index contributed by atoms with van der Waals surface area (Å²) in [6.07, 6.45) is 5.14. The minimum Gasteiger partial charge on any atom is -0.338 e. The van der Waals surface area contributed by atoms with Crippen LogP contribution in [0, 0.1) is 5.92 Å². The van der Waals surface area contributed by atoms with Crippen molar-refractivity contribution >= 4 is 16.8 Å². The Hall–Kier alpha value is -3.87. The van der Waals surface area contributed by atoms with Crippen LogP contribution < -0.4 is 5.56 Å². The molecule has 1 saturated heterocycles. The first-order valence-electron chi connectivity index (χ1n) is 9.80. The lowest BCUT2D eigenvalue weighted by Gasteiger charge is -2.39. The van der Waals surface area contributed by atoms with Gasteiger partial charge in [0.2, 0.25) is 0 Å². The van der Waals surface area contributed by atoms with E-state index in [1.165, 1.54) is 10.7 Å². The van der Waals surface area contributed by atoms with Crippen LogP contribution in [-0.2, 0) is 6.54 Å². The minimum absolute atomic E-state index is 0.00263. The molecule has 4 heterocycles. The van der Waals surface area contributed by atoms with Gasteiger partial charge in [-0.2, -0.15) is 5.10 Å². The Labute approximate surface area is 172 Å². The Balaban J connectivity index is 1.27. The van der Waals surface area contributed by atoms with Gasteiger partial charge in [0.1, 0.15) is 0 Å². The van der Waals surface area contributed by atoms with Crippen LogP contribution in [0.3, 0.4) is 0 Å². The largest absolute Gasteiger partial charge is 0.338 e. The first-order chi connectivity index (χ1) is 14.7. The number of hydrogen-bond donors (Lipinski definition) is 0. The summed E-state index contributed by atoms with van der Waals surface area (Å²) in [4.78, 5) is 35.1. The third kappa shape index (κ3) is 3.45. The average Bonchev–Trinajstić information content (AvgIpc) is 2.77. The van der Waals surface area contributed by atoms with Crippen molar-refractivity contribution in [1.29, 1.82) is 0 Å². The Morgan fingerprint density at radius 2 is 1.83 bits per heavy atom. The maximum atomic E-state index is 12.8. The van der Waals surface area contributed by atoms with Crippen molar-refractivity contribution in [3.63, 3.8) is 0 Å². The Morgan fingerprint density at radius 1 is 1.00 bits per heavy atom. The molecule has 1 fully saturated rings. The molecule has 0 N–H and O–H groups in total. The van der Waals surface area contributed by atoms with E-state index in [4.69, 9.17) is 0 Å². The smallest absolute Gasteiger partial charge is 0.266 e. The van der Waals surface area contributed by atoms with Crippen LogP contribution in [0.15, 0.2) is 78.0 Å². The van der Waals surface area contributed by atoms with Gasteiger partial charge >= 0.3 is 0 Å². The minimum atomic E-state index is -0.139. The molecule has 7 heteroatoms. The zero-order valence-electron chi connectivity index (χ0n) is 16.2. The number of likely N-dealkylation sites (tertiary alicyclic amines) is 1. The van der Waals surface area contributed by atoms with Crippen LogP contribution >= 0.6 is 0 Å². The second-order valence-corrected chi connectivity index (χ2v) is 7.46. The number of carbonyl (C=O) groups is 1. The molecule has 1 aliphatic heterocycles. The standard InChI is InChI=1S/C23H19N5O2/c29-22-6-5-21(17-7-10-24-11-8-17)26-28(22)15-16-13-27(14-16)23(30)19-3-4-20-18(12-19)2-1-9-25-20/h1-12,16H,13-15H2. The molecular weight excluding hydrogens is 378 g/mol. The number of hydrogen-bond acceptors (Lipinski definition) is 5. The molecule has 0 spiro atoms. The van der Waals surface area contributed by atoms with E-state index in [1.807, 2.05) is 42.5 Å². The Kier molecular flexibility index (Phi) is 4.55. The molecule has 0 atom stereocenters. The molecule has 3 aromatic heterocycles. The van der Waals surface area contributed by atoms with Crippen molar-refractivity contribution in [2.24, 2.45) is 5.92 Å². The van der Waals surface area contributed by atoms with Crippen molar-refractivity contribution in [1.82, 2.24) is 24.6 Å². The predicted octanol–water partition coefficient (Wildman–Crippen LogP) is 2.63. The Bertz CT molecular complexity index is 1280. The number of pyridine rings is 2. The van der Waals surface area contributed by atoms with Crippen molar-refractivity contribution in [3.05, 3.63) is 89.1 Å². The van der Waals surface area contributed by atoms with Gasteiger partial charge in [0, 0.05) is 60.2 Å². The molecule has 30 heavy (non-hydrogen) atoms. The Morgan fingerprint density at radius 3 is 2.67 bits per heavy atom. The summed E-state index contributed by atoms with van der Waals surface area (Å²) in [5.74, 6) is 0.205. The van der Waals surface area contributed by atoms with E-state index in [0.717, 1.165) is 22.2 Å².